The van der Waals surface area contributed by atoms with Crippen molar-refractivity contribution in [1.82, 2.24) is 9.88 Å². The van der Waals surface area contributed by atoms with Crippen molar-refractivity contribution in [2.45, 2.75) is 27.2 Å². The third-order valence-electron chi connectivity index (χ3n) is 5.04. The second-order valence-electron chi connectivity index (χ2n) is 7.32. The zero-order valence-electron chi connectivity index (χ0n) is 18.4. The van der Waals surface area contributed by atoms with E-state index in [1.165, 1.54) is 6.20 Å². The summed E-state index contributed by atoms with van der Waals surface area (Å²) in [7, 11) is 0. The number of urea groups is 1. The normalized spacial score (nSPS) is 14.0. The molecule has 166 valence electrons. The highest BCUT2D eigenvalue weighted by atomic mass is 16.5. The van der Waals surface area contributed by atoms with Gasteiger partial charge in [-0.15, -0.1) is 0 Å². The summed E-state index contributed by atoms with van der Waals surface area (Å²) in [5.41, 5.74) is 2.19. The number of ether oxygens (including phenoxy) is 2. The van der Waals surface area contributed by atoms with Gasteiger partial charge in [-0.3, -0.25) is 0 Å². The number of aryl methyl sites for hydroxylation is 1. The van der Waals surface area contributed by atoms with Crippen LogP contribution in [0.5, 0.6) is 5.75 Å². The van der Waals surface area contributed by atoms with Crippen LogP contribution in [0.3, 0.4) is 0 Å². The van der Waals surface area contributed by atoms with Gasteiger partial charge in [0.15, 0.2) is 0 Å². The van der Waals surface area contributed by atoms with Crippen LogP contribution in [0.2, 0.25) is 0 Å². The summed E-state index contributed by atoms with van der Waals surface area (Å²) in [4.78, 5) is 33.0. The number of carbonyl (C=O) groups excluding carboxylic acids is 2. The van der Waals surface area contributed by atoms with Gasteiger partial charge in [0.2, 0.25) is 0 Å². The topological polar surface area (TPSA) is 84.0 Å². The van der Waals surface area contributed by atoms with Crippen LogP contribution in [0.15, 0.2) is 36.5 Å². The molecule has 2 amide bonds. The molecular formula is C23H30N4O4. The smallest absolute Gasteiger partial charge is 0.339 e. The number of pyridine rings is 1. The summed E-state index contributed by atoms with van der Waals surface area (Å²) in [5, 5.41) is 2.98. The number of nitrogens with one attached hydrogen (secondary N) is 1. The lowest BCUT2D eigenvalue weighted by molar-refractivity contribution is 0.0526. The molecule has 8 nitrogen and oxygen atoms in total. The average molecular weight is 427 g/mol. The number of anilines is 2. The molecule has 1 aliphatic heterocycles. The Labute approximate surface area is 183 Å². The molecule has 2 heterocycles. The SMILES string of the molecule is CCOC(=O)c1ccc(N2CCCN(C(=O)Nc3ccc(C)cc3OCC)CC2)nc1. The predicted octanol–water partition coefficient (Wildman–Crippen LogP) is 3.71. The maximum absolute atomic E-state index is 12.9. The van der Waals surface area contributed by atoms with Crippen molar-refractivity contribution in [2.75, 3.05) is 49.6 Å². The summed E-state index contributed by atoms with van der Waals surface area (Å²) < 4.78 is 10.7. The summed E-state index contributed by atoms with van der Waals surface area (Å²) in [6.45, 7) is 9.22. The zero-order chi connectivity index (χ0) is 22.2. The van der Waals surface area contributed by atoms with Gasteiger partial charge in [0, 0.05) is 32.4 Å². The maximum Gasteiger partial charge on any atom is 0.339 e. The van der Waals surface area contributed by atoms with Gasteiger partial charge in [0.05, 0.1) is 24.5 Å². The Bertz CT molecular complexity index is 901. The van der Waals surface area contributed by atoms with Crippen molar-refractivity contribution in [3.8, 4) is 5.75 Å². The number of aromatic nitrogens is 1. The maximum atomic E-state index is 12.9. The van der Waals surface area contributed by atoms with E-state index in [-0.39, 0.29) is 12.0 Å². The number of esters is 1. The molecule has 1 aromatic heterocycles. The predicted molar refractivity (Wildman–Crippen MR) is 120 cm³/mol. The van der Waals surface area contributed by atoms with E-state index in [0.717, 1.165) is 24.3 Å². The first-order valence-electron chi connectivity index (χ1n) is 10.7. The van der Waals surface area contributed by atoms with Crippen molar-refractivity contribution in [2.24, 2.45) is 0 Å². The van der Waals surface area contributed by atoms with Crippen LogP contribution in [0.4, 0.5) is 16.3 Å². The van der Waals surface area contributed by atoms with Crippen molar-refractivity contribution in [1.29, 1.82) is 0 Å². The summed E-state index contributed by atoms with van der Waals surface area (Å²) >= 11 is 0. The highest BCUT2D eigenvalue weighted by molar-refractivity contribution is 5.91. The first-order valence-corrected chi connectivity index (χ1v) is 10.7. The van der Waals surface area contributed by atoms with Crippen LogP contribution in [0, 0.1) is 6.92 Å². The largest absolute Gasteiger partial charge is 0.492 e. The van der Waals surface area contributed by atoms with Crippen molar-refractivity contribution in [3.63, 3.8) is 0 Å². The third-order valence-corrected chi connectivity index (χ3v) is 5.04. The molecule has 0 radical (unpaired) electrons. The van der Waals surface area contributed by atoms with Gasteiger partial charge in [-0.25, -0.2) is 14.6 Å². The van der Waals surface area contributed by atoms with Gasteiger partial charge in [-0.05, 0) is 57.0 Å². The van der Waals surface area contributed by atoms with E-state index in [1.54, 1.807) is 13.0 Å². The van der Waals surface area contributed by atoms with E-state index in [2.05, 4.69) is 15.2 Å². The van der Waals surface area contributed by atoms with Gasteiger partial charge in [0.25, 0.3) is 0 Å². The van der Waals surface area contributed by atoms with E-state index in [0.29, 0.717) is 49.8 Å². The fourth-order valence-electron chi connectivity index (χ4n) is 3.46. The molecule has 1 saturated heterocycles. The number of hydrogen-bond acceptors (Lipinski definition) is 6. The Morgan fingerprint density at radius 1 is 1.06 bits per heavy atom. The highest BCUT2D eigenvalue weighted by Crippen LogP contribution is 2.26. The molecule has 3 rings (SSSR count). The monoisotopic (exact) mass is 426 g/mol. The lowest BCUT2D eigenvalue weighted by atomic mass is 10.2. The van der Waals surface area contributed by atoms with Gasteiger partial charge in [0.1, 0.15) is 11.6 Å². The number of nitrogens with zero attached hydrogens (tertiary/aromatic N) is 3. The molecule has 0 unspecified atom stereocenters. The van der Waals surface area contributed by atoms with Crippen LogP contribution in [-0.4, -0.2) is 61.3 Å². The summed E-state index contributed by atoms with van der Waals surface area (Å²) in [5.74, 6) is 1.09. The highest BCUT2D eigenvalue weighted by Gasteiger charge is 2.21. The van der Waals surface area contributed by atoms with Gasteiger partial charge >= 0.3 is 12.0 Å². The Morgan fingerprint density at radius 3 is 2.61 bits per heavy atom. The van der Waals surface area contributed by atoms with E-state index in [1.807, 2.05) is 43.0 Å². The number of hydrogen-bond donors (Lipinski definition) is 1. The van der Waals surface area contributed by atoms with Crippen molar-refractivity contribution < 1.29 is 19.1 Å². The number of benzene rings is 1. The standard InChI is InChI=1S/C23H30N4O4/c1-4-30-20-15-17(3)7-9-19(20)25-23(29)27-12-6-11-26(13-14-27)21-10-8-18(16-24-21)22(28)31-5-2/h7-10,15-16H,4-6,11-14H2,1-3H3,(H,25,29). The Morgan fingerprint density at radius 2 is 1.90 bits per heavy atom. The van der Waals surface area contributed by atoms with Crippen LogP contribution in [0.1, 0.15) is 36.2 Å². The lowest BCUT2D eigenvalue weighted by Crippen LogP contribution is -2.38. The van der Waals surface area contributed by atoms with Gasteiger partial charge < -0.3 is 24.6 Å². The third kappa shape index (κ3) is 5.87. The minimum absolute atomic E-state index is 0.141. The molecule has 0 bridgehead atoms. The van der Waals surface area contributed by atoms with E-state index < -0.39 is 0 Å². The molecule has 0 aliphatic carbocycles. The minimum atomic E-state index is -0.372. The quantitative estimate of drug-likeness (QED) is 0.709. The van der Waals surface area contributed by atoms with E-state index in [9.17, 15) is 9.59 Å². The fourth-order valence-corrected chi connectivity index (χ4v) is 3.46. The molecule has 1 N–H and O–H groups in total. The molecule has 0 spiro atoms. The second kappa shape index (κ2) is 10.7. The van der Waals surface area contributed by atoms with Crippen LogP contribution in [0.25, 0.3) is 0 Å². The molecule has 0 saturated carbocycles. The Kier molecular flexibility index (Phi) is 7.70. The van der Waals surface area contributed by atoms with Crippen molar-refractivity contribution in [3.05, 3.63) is 47.7 Å². The number of carbonyl (C=O) groups is 2. The molecule has 1 aliphatic rings. The summed E-state index contributed by atoms with van der Waals surface area (Å²) in [6, 6.07) is 9.16. The molecule has 2 aromatic rings. The van der Waals surface area contributed by atoms with E-state index in [4.69, 9.17) is 9.47 Å². The van der Waals surface area contributed by atoms with Crippen molar-refractivity contribution >= 4 is 23.5 Å². The fraction of sp³-hybridized carbons (Fsp3) is 0.435. The van der Waals surface area contributed by atoms with Crippen LogP contribution < -0.4 is 15.0 Å². The van der Waals surface area contributed by atoms with E-state index >= 15 is 0 Å². The first-order chi connectivity index (χ1) is 15.0. The Hall–Kier alpha value is -3.29. The first kappa shape index (κ1) is 22.4. The molecule has 1 aromatic carbocycles. The lowest BCUT2D eigenvalue weighted by Gasteiger charge is -2.23. The molecular weight excluding hydrogens is 396 g/mol. The molecule has 8 heteroatoms. The molecule has 0 atom stereocenters. The minimum Gasteiger partial charge on any atom is -0.492 e. The zero-order valence-corrected chi connectivity index (χ0v) is 18.4. The molecule has 1 fully saturated rings. The number of amides is 2. The number of rotatable bonds is 6. The van der Waals surface area contributed by atoms with Crippen LogP contribution >= 0.6 is 0 Å². The van der Waals surface area contributed by atoms with Gasteiger partial charge in [-0.2, -0.15) is 0 Å². The average Bonchev–Trinajstić information content (AvgIpc) is 3.02. The molecule has 31 heavy (non-hydrogen) atoms. The summed E-state index contributed by atoms with van der Waals surface area (Å²) in [6.07, 6.45) is 2.36. The van der Waals surface area contributed by atoms with Crippen LogP contribution in [-0.2, 0) is 4.74 Å². The second-order valence-corrected chi connectivity index (χ2v) is 7.32. The Balaban J connectivity index is 1.61. The van der Waals surface area contributed by atoms with Gasteiger partial charge in [-0.1, -0.05) is 6.07 Å².